The highest BCUT2D eigenvalue weighted by atomic mass is 16.5. The van der Waals surface area contributed by atoms with Crippen molar-refractivity contribution in [3.8, 4) is 22.7 Å². The van der Waals surface area contributed by atoms with Crippen LogP contribution >= 0.6 is 0 Å². The number of rotatable bonds is 5. The first-order valence-corrected chi connectivity index (χ1v) is 12.0. The number of carbonyl (C=O) groups is 1. The fraction of sp³-hybridized carbons (Fsp3) is 0.296. The van der Waals surface area contributed by atoms with Crippen LogP contribution in [0.15, 0.2) is 54.9 Å². The van der Waals surface area contributed by atoms with E-state index in [0.29, 0.717) is 24.5 Å². The number of methoxy groups -OCH3 is 1. The third kappa shape index (κ3) is 4.64. The topological polar surface area (TPSA) is 112 Å². The van der Waals surface area contributed by atoms with Crippen LogP contribution in [0.1, 0.15) is 46.2 Å². The van der Waals surface area contributed by atoms with Gasteiger partial charge in [-0.05, 0) is 62.6 Å². The molecule has 1 amide bonds. The fourth-order valence-electron chi connectivity index (χ4n) is 4.78. The van der Waals surface area contributed by atoms with Crippen molar-refractivity contribution in [1.29, 1.82) is 0 Å². The predicted octanol–water partition coefficient (Wildman–Crippen LogP) is 3.95. The van der Waals surface area contributed by atoms with Crippen molar-refractivity contribution in [2.24, 2.45) is 0 Å². The molecule has 36 heavy (non-hydrogen) atoms. The van der Waals surface area contributed by atoms with Gasteiger partial charge in [-0.1, -0.05) is 12.1 Å². The Labute approximate surface area is 210 Å². The lowest BCUT2D eigenvalue weighted by atomic mass is 9.89. The van der Waals surface area contributed by atoms with Crippen LogP contribution in [-0.2, 0) is 0 Å². The molecule has 1 aliphatic heterocycles. The minimum atomic E-state index is -0.0415. The second-order valence-electron chi connectivity index (χ2n) is 9.09. The SMILES string of the molecule is COc1ccc(-c2cnc(N)nc2[C@@H]2CCCN(C(=O)c3ccc(-n4nc(C)cc4C)nc3)C2)cc1. The summed E-state index contributed by atoms with van der Waals surface area (Å²) in [7, 11) is 1.64. The van der Waals surface area contributed by atoms with Crippen molar-refractivity contribution in [2.45, 2.75) is 32.6 Å². The first kappa shape index (κ1) is 23.5. The van der Waals surface area contributed by atoms with Gasteiger partial charge in [0.25, 0.3) is 5.91 Å². The summed E-state index contributed by atoms with van der Waals surface area (Å²) in [5.74, 6) is 1.71. The van der Waals surface area contributed by atoms with Crippen LogP contribution in [0, 0.1) is 13.8 Å². The molecule has 9 nitrogen and oxygen atoms in total. The van der Waals surface area contributed by atoms with E-state index in [-0.39, 0.29) is 17.8 Å². The average Bonchev–Trinajstić information content (AvgIpc) is 3.26. The summed E-state index contributed by atoms with van der Waals surface area (Å²) in [6, 6.07) is 13.4. The molecular formula is C27H29N7O2. The number of aryl methyl sites for hydroxylation is 2. The molecule has 4 aromatic rings. The van der Waals surface area contributed by atoms with Crippen LogP contribution in [-0.4, -0.2) is 55.7 Å². The molecule has 0 radical (unpaired) electrons. The highest BCUT2D eigenvalue weighted by Gasteiger charge is 2.29. The lowest BCUT2D eigenvalue weighted by Crippen LogP contribution is -2.39. The normalized spacial score (nSPS) is 15.6. The van der Waals surface area contributed by atoms with Crippen molar-refractivity contribution < 1.29 is 9.53 Å². The van der Waals surface area contributed by atoms with Gasteiger partial charge in [-0.2, -0.15) is 5.10 Å². The maximum absolute atomic E-state index is 13.4. The van der Waals surface area contributed by atoms with Crippen LogP contribution in [0.5, 0.6) is 5.75 Å². The van der Waals surface area contributed by atoms with E-state index < -0.39 is 0 Å². The largest absolute Gasteiger partial charge is 0.497 e. The molecule has 9 heteroatoms. The van der Waals surface area contributed by atoms with Gasteiger partial charge in [0.2, 0.25) is 5.95 Å². The van der Waals surface area contributed by atoms with Gasteiger partial charge in [0.15, 0.2) is 5.82 Å². The number of nitrogen functional groups attached to an aromatic ring is 1. The number of hydrogen-bond acceptors (Lipinski definition) is 7. The summed E-state index contributed by atoms with van der Waals surface area (Å²) in [4.78, 5) is 28.6. The number of benzene rings is 1. The third-order valence-corrected chi connectivity index (χ3v) is 6.55. The summed E-state index contributed by atoms with van der Waals surface area (Å²) in [6.45, 7) is 5.17. The minimum absolute atomic E-state index is 0.0415. The zero-order chi connectivity index (χ0) is 25.2. The van der Waals surface area contributed by atoms with Crippen molar-refractivity contribution in [3.05, 3.63) is 77.5 Å². The van der Waals surface area contributed by atoms with E-state index >= 15 is 0 Å². The van der Waals surface area contributed by atoms with Gasteiger partial charge in [-0.25, -0.2) is 19.6 Å². The number of pyridine rings is 1. The molecule has 1 saturated heterocycles. The van der Waals surface area contributed by atoms with Gasteiger partial charge in [-0.15, -0.1) is 0 Å². The number of nitrogens with two attached hydrogens (primary N) is 1. The summed E-state index contributed by atoms with van der Waals surface area (Å²) in [5.41, 5.74) is 11.2. The van der Waals surface area contributed by atoms with E-state index in [1.165, 1.54) is 0 Å². The molecule has 0 unspecified atom stereocenters. The third-order valence-electron chi connectivity index (χ3n) is 6.55. The molecule has 4 heterocycles. The lowest BCUT2D eigenvalue weighted by Gasteiger charge is -2.33. The molecule has 1 aliphatic rings. The molecule has 184 valence electrons. The van der Waals surface area contributed by atoms with E-state index in [1.807, 2.05) is 61.2 Å². The molecule has 5 rings (SSSR count). The molecule has 0 bridgehead atoms. The Morgan fingerprint density at radius 2 is 1.89 bits per heavy atom. The van der Waals surface area contributed by atoms with Gasteiger partial charge in [0.1, 0.15) is 5.75 Å². The monoisotopic (exact) mass is 483 g/mol. The summed E-state index contributed by atoms with van der Waals surface area (Å²) in [6.07, 6.45) is 5.18. The molecule has 1 aromatic carbocycles. The molecule has 0 aliphatic carbocycles. The van der Waals surface area contributed by atoms with E-state index in [1.54, 1.807) is 24.2 Å². The number of aromatic nitrogens is 5. The number of ether oxygens (including phenoxy) is 1. The Morgan fingerprint density at radius 1 is 1.08 bits per heavy atom. The van der Waals surface area contributed by atoms with Crippen LogP contribution < -0.4 is 10.5 Å². The number of amides is 1. The maximum atomic E-state index is 13.4. The average molecular weight is 484 g/mol. The fourth-order valence-corrected chi connectivity index (χ4v) is 4.78. The molecule has 1 fully saturated rings. The predicted molar refractivity (Wildman–Crippen MR) is 137 cm³/mol. The number of piperidine rings is 1. The van der Waals surface area contributed by atoms with Gasteiger partial charge >= 0.3 is 0 Å². The van der Waals surface area contributed by atoms with E-state index in [0.717, 1.165) is 46.8 Å². The van der Waals surface area contributed by atoms with Crippen LogP contribution in [0.2, 0.25) is 0 Å². The first-order valence-electron chi connectivity index (χ1n) is 12.0. The second kappa shape index (κ2) is 9.77. The van der Waals surface area contributed by atoms with Gasteiger partial charge in [0, 0.05) is 42.7 Å². The van der Waals surface area contributed by atoms with Crippen molar-refractivity contribution in [3.63, 3.8) is 0 Å². The molecule has 0 saturated carbocycles. The summed E-state index contributed by atoms with van der Waals surface area (Å²) in [5, 5.41) is 4.47. The standard InChI is InChI=1S/C27H29N7O2/c1-17-13-18(2)34(32-17)24-11-8-20(14-29-24)26(35)33-12-4-5-21(16-33)25-23(15-30-27(28)31-25)19-6-9-22(36-3)10-7-19/h6-11,13-15,21H,4-5,12,16H2,1-3H3,(H2,28,30,31)/t21-/m1/s1. The highest BCUT2D eigenvalue weighted by Crippen LogP contribution is 2.34. The van der Waals surface area contributed by atoms with Gasteiger partial charge in [-0.3, -0.25) is 4.79 Å². The molecule has 1 atom stereocenters. The summed E-state index contributed by atoms with van der Waals surface area (Å²) >= 11 is 0. The smallest absolute Gasteiger partial charge is 0.255 e. The van der Waals surface area contributed by atoms with Crippen molar-refractivity contribution >= 4 is 11.9 Å². The van der Waals surface area contributed by atoms with Crippen LogP contribution in [0.3, 0.4) is 0 Å². The Kier molecular flexibility index (Phi) is 6.37. The van der Waals surface area contributed by atoms with Crippen LogP contribution in [0.25, 0.3) is 16.9 Å². The highest BCUT2D eigenvalue weighted by molar-refractivity contribution is 5.94. The molecule has 2 N–H and O–H groups in total. The molecular weight excluding hydrogens is 454 g/mol. The zero-order valence-corrected chi connectivity index (χ0v) is 20.7. The maximum Gasteiger partial charge on any atom is 0.255 e. The Morgan fingerprint density at radius 3 is 2.56 bits per heavy atom. The number of anilines is 1. The Hall–Kier alpha value is -4.27. The van der Waals surface area contributed by atoms with E-state index in [4.69, 9.17) is 10.5 Å². The number of nitrogens with zero attached hydrogens (tertiary/aromatic N) is 6. The molecule has 0 spiro atoms. The zero-order valence-electron chi connectivity index (χ0n) is 20.7. The van der Waals surface area contributed by atoms with Crippen LogP contribution in [0.4, 0.5) is 5.95 Å². The summed E-state index contributed by atoms with van der Waals surface area (Å²) < 4.78 is 7.07. The number of hydrogen-bond donors (Lipinski definition) is 1. The van der Waals surface area contributed by atoms with E-state index in [2.05, 4.69) is 20.1 Å². The quantitative estimate of drug-likeness (QED) is 0.457. The van der Waals surface area contributed by atoms with Crippen molar-refractivity contribution in [1.82, 2.24) is 29.6 Å². The number of carbonyl (C=O) groups excluding carboxylic acids is 1. The van der Waals surface area contributed by atoms with E-state index in [9.17, 15) is 4.79 Å². The Balaban J connectivity index is 1.37. The second-order valence-corrected chi connectivity index (χ2v) is 9.09. The lowest BCUT2D eigenvalue weighted by molar-refractivity contribution is 0.0705. The minimum Gasteiger partial charge on any atom is -0.497 e. The van der Waals surface area contributed by atoms with Crippen molar-refractivity contribution in [2.75, 3.05) is 25.9 Å². The molecule has 3 aromatic heterocycles. The Bertz CT molecular complexity index is 1380. The first-order chi connectivity index (χ1) is 17.4. The van der Waals surface area contributed by atoms with Gasteiger partial charge in [0.05, 0.1) is 24.1 Å². The number of likely N-dealkylation sites (tertiary alicyclic amines) is 1. The van der Waals surface area contributed by atoms with Gasteiger partial charge < -0.3 is 15.4 Å².